The lowest BCUT2D eigenvalue weighted by atomic mass is 10.1. The minimum Gasteiger partial charge on any atom is -0.336 e. The third-order valence-electron chi connectivity index (χ3n) is 4.24. The van der Waals surface area contributed by atoms with E-state index < -0.39 is 0 Å². The van der Waals surface area contributed by atoms with E-state index >= 15 is 0 Å². The zero-order valence-corrected chi connectivity index (χ0v) is 14.0. The highest BCUT2D eigenvalue weighted by molar-refractivity contribution is 6.01. The molecule has 0 radical (unpaired) electrons. The highest BCUT2D eigenvalue weighted by Crippen LogP contribution is 2.24. The maximum atomic E-state index is 12.6. The van der Waals surface area contributed by atoms with E-state index in [2.05, 4.69) is 10.6 Å². The summed E-state index contributed by atoms with van der Waals surface area (Å²) in [5, 5.41) is 5.63. The number of carbonyl (C=O) groups excluding carboxylic acids is 3. The van der Waals surface area contributed by atoms with Gasteiger partial charge < -0.3 is 20.4 Å². The molecule has 0 spiro atoms. The van der Waals surface area contributed by atoms with Crippen LogP contribution in [-0.2, 0) is 11.2 Å². The summed E-state index contributed by atoms with van der Waals surface area (Å²) in [6, 6.07) is 5.32. The summed E-state index contributed by atoms with van der Waals surface area (Å²) < 4.78 is 0. The van der Waals surface area contributed by atoms with Gasteiger partial charge in [0.05, 0.1) is 6.42 Å². The number of urea groups is 1. The van der Waals surface area contributed by atoms with Crippen LogP contribution in [0, 0.1) is 0 Å². The number of carbonyl (C=O) groups is 3. The van der Waals surface area contributed by atoms with Gasteiger partial charge in [-0.3, -0.25) is 9.59 Å². The van der Waals surface area contributed by atoms with Gasteiger partial charge in [-0.25, -0.2) is 4.79 Å². The van der Waals surface area contributed by atoms with E-state index in [1.54, 1.807) is 28.0 Å². The normalized spacial score (nSPS) is 16.9. The molecular formula is C17H22N4O3. The van der Waals surface area contributed by atoms with Crippen molar-refractivity contribution in [3.8, 4) is 0 Å². The standard InChI is InChI=1S/C17H22N4O3/c1-11(2)18-17(24)21-7-5-20(6-8-21)16(23)12-3-4-14-13(9-12)10-15(22)19-14/h3-4,9,11H,5-8,10H2,1-2H3,(H,18,24)(H,19,22). The number of hydrogen-bond acceptors (Lipinski definition) is 3. The Hall–Kier alpha value is -2.57. The molecule has 24 heavy (non-hydrogen) atoms. The molecule has 0 atom stereocenters. The molecule has 0 aliphatic carbocycles. The third kappa shape index (κ3) is 3.34. The molecule has 2 N–H and O–H groups in total. The Bertz CT molecular complexity index is 678. The number of fused-ring (bicyclic) bond motifs is 1. The third-order valence-corrected chi connectivity index (χ3v) is 4.24. The van der Waals surface area contributed by atoms with E-state index in [0.29, 0.717) is 38.2 Å². The van der Waals surface area contributed by atoms with Crippen molar-refractivity contribution in [3.63, 3.8) is 0 Å². The van der Waals surface area contributed by atoms with E-state index in [0.717, 1.165) is 11.3 Å². The van der Waals surface area contributed by atoms with E-state index in [4.69, 9.17) is 0 Å². The lowest BCUT2D eigenvalue weighted by molar-refractivity contribution is -0.115. The van der Waals surface area contributed by atoms with E-state index in [1.807, 2.05) is 13.8 Å². The molecular weight excluding hydrogens is 308 g/mol. The first-order chi connectivity index (χ1) is 11.4. The number of benzene rings is 1. The fraction of sp³-hybridized carbons (Fsp3) is 0.471. The van der Waals surface area contributed by atoms with Crippen molar-refractivity contribution in [2.45, 2.75) is 26.3 Å². The summed E-state index contributed by atoms with van der Waals surface area (Å²) in [6.45, 7) is 5.91. The molecule has 7 heteroatoms. The number of amides is 4. The van der Waals surface area contributed by atoms with Crippen LogP contribution in [0.25, 0.3) is 0 Å². The van der Waals surface area contributed by atoms with Gasteiger partial charge in [-0.15, -0.1) is 0 Å². The summed E-state index contributed by atoms with van der Waals surface area (Å²) in [5.74, 6) is -0.0968. The summed E-state index contributed by atoms with van der Waals surface area (Å²) in [7, 11) is 0. The Kier molecular flexibility index (Phi) is 4.42. The predicted molar refractivity (Wildman–Crippen MR) is 89.9 cm³/mol. The minimum atomic E-state index is -0.0841. The van der Waals surface area contributed by atoms with Crippen molar-refractivity contribution in [2.75, 3.05) is 31.5 Å². The summed E-state index contributed by atoms with van der Waals surface area (Å²) in [6.07, 6.45) is 0.319. The fourth-order valence-corrected chi connectivity index (χ4v) is 3.00. The first-order valence-corrected chi connectivity index (χ1v) is 8.21. The topological polar surface area (TPSA) is 81.8 Å². The van der Waals surface area contributed by atoms with Gasteiger partial charge in [0.1, 0.15) is 0 Å². The molecule has 0 bridgehead atoms. The zero-order valence-electron chi connectivity index (χ0n) is 14.0. The molecule has 2 heterocycles. The van der Waals surface area contributed by atoms with Crippen molar-refractivity contribution in [3.05, 3.63) is 29.3 Å². The lowest BCUT2D eigenvalue weighted by Crippen LogP contribution is -2.54. The molecule has 1 fully saturated rings. The van der Waals surface area contributed by atoms with Gasteiger partial charge in [-0.1, -0.05) is 0 Å². The molecule has 1 aromatic rings. The Morgan fingerprint density at radius 1 is 1.12 bits per heavy atom. The average Bonchev–Trinajstić information content (AvgIpc) is 2.92. The summed E-state index contributed by atoms with van der Waals surface area (Å²) >= 11 is 0. The number of nitrogens with one attached hydrogen (secondary N) is 2. The molecule has 2 aliphatic heterocycles. The van der Waals surface area contributed by atoms with Crippen molar-refractivity contribution < 1.29 is 14.4 Å². The van der Waals surface area contributed by atoms with Crippen LogP contribution in [0.15, 0.2) is 18.2 Å². The largest absolute Gasteiger partial charge is 0.336 e. The van der Waals surface area contributed by atoms with E-state index in [1.165, 1.54) is 0 Å². The second kappa shape index (κ2) is 6.51. The van der Waals surface area contributed by atoms with Gasteiger partial charge in [0.25, 0.3) is 5.91 Å². The van der Waals surface area contributed by atoms with Gasteiger partial charge >= 0.3 is 6.03 Å². The minimum absolute atomic E-state index is 0.0422. The first-order valence-electron chi connectivity index (χ1n) is 8.21. The number of anilines is 1. The Morgan fingerprint density at radius 3 is 2.46 bits per heavy atom. The molecule has 1 saturated heterocycles. The summed E-state index contributed by atoms with van der Waals surface area (Å²) in [4.78, 5) is 39.5. The number of piperazine rings is 1. The maximum Gasteiger partial charge on any atom is 0.317 e. The molecule has 128 valence electrons. The number of hydrogen-bond donors (Lipinski definition) is 2. The quantitative estimate of drug-likeness (QED) is 0.851. The van der Waals surface area contributed by atoms with E-state index in [-0.39, 0.29) is 23.9 Å². The molecule has 0 saturated carbocycles. The highest BCUT2D eigenvalue weighted by atomic mass is 16.2. The van der Waals surface area contributed by atoms with Gasteiger partial charge in [0.15, 0.2) is 0 Å². The van der Waals surface area contributed by atoms with Gasteiger partial charge in [-0.05, 0) is 37.6 Å². The van der Waals surface area contributed by atoms with Crippen molar-refractivity contribution in [2.24, 2.45) is 0 Å². The maximum absolute atomic E-state index is 12.6. The van der Waals surface area contributed by atoms with Crippen LogP contribution in [0.4, 0.5) is 10.5 Å². The Labute approximate surface area is 141 Å². The second-order valence-corrected chi connectivity index (χ2v) is 6.48. The van der Waals surface area contributed by atoms with Gasteiger partial charge in [0.2, 0.25) is 5.91 Å². The van der Waals surface area contributed by atoms with Crippen LogP contribution in [0.2, 0.25) is 0 Å². The number of rotatable bonds is 2. The SMILES string of the molecule is CC(C)NC(=O)N1CCN(C(=O)c2ccc3c(c2)CC(=O)N3)CC1. The molecule has 1 aromatic carbocycles. The average molecular weight is 330 g/mol. The lowest BCUT2D eigenvalue weighted by Gasteiger charge is -2.35. The number of nitrogens with zero attached hydrogens (tertiary/aromatic N) is 2. The van der Waals surface area contributed by atoms with Gasteiger partial charge in [0, 0.05) is 43.5 Å². The van der Waals surface area contributed by atoms with Crippen LogP contribution >= 0.6 is 0 Å². The second-order valence-electron chi connectivity index (χ2n) is 6.48. The zero-order chi connectivity index (χ0) is 17.3. The smallest absolute Gasteiger partial charge is 0.317 e. The van der Waals surface area contributed by atoms with Crippen LogP contribution < -0.4 is 10.6 Å². The molecule has 0 aromatic heterocycles. The van der Waals surface area contributed by atoms with Crippen LogP contribution in [-0.4, -0.2) is 59.9 Å². The van der Waals surface area contributed by atoms with E-state index in [9.17, 15) is 14.4 Å². The van der Waals surface area contributed by atoms with Crippen molar-refractivity contribution >= 4 is 23.5 Å². The summed E-state index contributed by atoms with van der Waals surface area (Å²) in [5.41, 5.74) is 2.23. The first kappa shape index (κ1) is 16.3. The van der Waals surface area contributed by atoms with Gasteiger partial charge in [-0.2, -0.15) is 0 Å². The van der Waals surface area contributed by atoms with Crippen LogP contribution in [0.1, 0.15) is 29.8 Å². The highest BCUT2D eigenvalue weighted by Gasteiger charge is 2.26. The predicted octanol–water partition coefficient (Wildman–Crippen LogP) is 1.06. The molecule has 2 aliphatic rings. The molecule has 0 unspecified atom stereocenters. The van der Waals surface area contributed by atoms with Crippen molar-refractivity contribution in [1.29, 1.82) is 0 Å². The Balaban J connectivity index is 1.61. The molecule has 7 nitrogen and oxygen atoms in total. The molecule has 4 amide bonds. The van der Waals surface area contributed by atoms with Crippen LogP contribution in [0.5, 0.6) is 0 Å². The monoisotopic (exact) mass is 330 g/mol. The van der Waals surface area contributed by atoms with Crippen LogP contribution in [0.3, 0.4) is 0 Å². The molecule has 3 rings (SSSR count). The fourth-order valence-electron chi connectivity index (χ4n) is 3.00. The Morgan fingerprint density at radius 2 is 1.79 bits per heavy atom. The van der Waals surface area contributed by atoms with Crippen molar-refractivity contribution in [1.82, 2.24) is 15.1 Å².